The van der Waals surface area contributed by atoms with Gasteiger partial charge in [0.05, 0.1) is 6.21 Å². The van der Waals surface area contributed by atoms with Crippen LogP contribution >= 0.6 is 11.3 Å². The third kappa shape index (κ3) is 4.51. The van der Waals surface area contributed by atoms with E-state index in [1.165, 1.54) is 5.56 Å². The summed E-state index contributed by atoms with van der Waals surface area (Å²) in [6.07, 6.45) is 2.59. The summed E-state index contributed by atoms with van der Waals surface area (Å²) in [7, 11) is 0. The molecule has 2 aromatic rings. The number of nitrogens with zero attached hydrogens (tertiary/aromatic N) is 1. The average molecular weight is 288 g/mol. The van der Waals surface area contributed by atoms with E-state index >= 15 is 0 Å². The van der Waals surface area contributed by atoms with Gasteiger partial charge in [0.25, 0.3) is 5.91 Å². The van der Waals surface area contributed by atoms with Crippen molar-refractivity contribution in [2.24, 2.45) is 5.10 Å². The highest BCUT2D eigenvalue weighted by molar-refractivity contribution is 7.11. The molecule has 5 heteroatoms. The zero-order valence-electron chi connectivity index (χ0n) is 11.2. The summed E-state index contributed by atoms with van der Waals surface area (Å²) >= 11 is 1.56. The summed E-state index contributed by atoms with van der Waals surface area (Å²) in [5, 5.41) is 5.81. The number of rotatable bonds is 6. The smallest absolute Gasteiger partial charge is 0.277 e. The number of carbonyl (C=O) groups is 1. The van der Waals surface area contributed by atoms with Crippen molar-refractivity contribution < 1.29 is 9.53 Å². The summed E-state index contributed by atoms with van der Waals surface area (Å²) in [4.78, 5) is 12.5. The SMILES string of the molecule is CCc1ccc(OCC(=O)N/N=C\c2cccs2)cc1. The van der Waals surface area contributed by atoms with Gasteiger partial charge in [0.1, 0.15) is 5.75 Å². The standard InChI is InChI=1S/C15H16N2O2S/c1-2-12-5-7-13(8-6-12)19-11-15(18)17-16-10-14-4-3-9-20-14/h3-10H,2,11H2,1H3,(H,17,18)/b16-10-. The van der Waals surface area contributed by atoms with Crippen LogP contribution in [-0.2, 0) is 11.2 Å². The maximum Gasteiger partial charge on any atom is 0.277 e. The normalized spacial score (nSPS) is 10.7. The van der Waals surface area contributed by atoms with E-state index in [1.807, 2.05) is 41.8 Å². The molecule has 0 unspecified atom stereocenters. The Morgan fingerprint density at radius 2 is 2.15 bits per heavy atom. The van der Waals surface area contributed by atoms with Crippen molar-refractivity contribution in [3.63, 3.8) is 0 Å². The fourth-order valence-electron chi connectivity index (χ4n) is 1.54. The lowest BCUT2D eigenvalue weighted by Crippen LogP contribution is -2.24. The van der Waals surface area contributed by atoms with Gasteiger partial charge in [-0.1, -0.05) is 25.1 Å². The highest BCUT2D eigenvalue weighted by atomic mass is 32.1. The average Bonchev–Trinajstić information content (AvgIpc) is 2.99. The second-order valence-electron chi connectivity index (χ2n) is 4.09. The number of aryl methyl sites for hydroxylation is 1. The molecular weight excluding hydrogens is 272 g/mol. The van der Waals surface area contributed by atoms with E-state index < -0.39 is 0 Å². The molecule has 0 fully saturated rings. The summed E-state index contributed by atoms with van der Waals surface area (Å²) in [5.74, 6) is 0.400. The van der Waals surface area contributed by atoms with Crippen LogP contribution in [0.1, 0.15) is 17.4 Å². The van der Waals surface area contributed by atoms with Crippen LogP contribution in [0.15, 0.2) is 46.9 Å². The topological polar surface area (TPSA) is 50.7 Å². The molecule has 1 heterocycles. The summed E-state index contributed by atoms with van der Waals surface area (Å²) in [5.41, 5.74) is 3.66. The molecule has 0 aliphatic carbocycles. The highest BCUT2D eigenvalue weighted by Gasteiger charge is 2.01. The van der Waals surface area contributed by atoms with Gasteiger partial charge in [0.15, 0.2) is 6.61 Å². The number of thiophene rings is 1. The van der Waals surface area contributed by atoms with Gasteiger partial charge in [0, 0.05) is 4.88 Å². The van der Waals surface area contributed by atoms with Gasteiger partial charge in [-0.2, -0.15) is 5.10 Å². The fourth-order valence-corrected chi connectivity index (χ4v) is 2.12. The lowest BCUT2D eigenvalue weighted by molar-refractivity contribution is -0.123. The molecule has 1 N–H and O–H groups in total. The Labute approximate surface area is 122 Å². The minimum atomic E-state index is -0.280. The first kappa shape index (κ1) is 14.3. The van der Waals surface area contributed by atoms with Gasteiger partial charge in [-0.15, -0.1) is 11.3 Å². The number of hydrogen-bond acceptors (Lipinski definition) is 4. The van der Waals surface area contributed by atoms with Crippen LogP contribution in [-0.4, -0.2) is 18.7 Å². The number of hydrogen-bond donors (Lipinski definition) is 1. The monoisotopic (exact) mass is 288 g/mol. The van der Waals surface area contributed by atoms with Crippen LogP contribution in [0.3, 0.4) is 0 Å². The van der Waals surface area contributed by atoms with Crippen molar-refractivity contribution in [2.45, 2.75) is 13.3 Å². The van der Waals surface area contributed by atoms with Crippen LogP contribution in [0.5, 0.6) is 5.75 Å². The molecule has 1 aromatic carbocycles. The zero-order valence-corrected chi connectivity index (χ0v) is 12.0. The summed E-state index contributed by atoms with van der Waals surface area (Å²) in [6, 6.07) is 11.6. The highest BCUT2D eigenvalue weighted by Crippen LogP contribution is 2.12. The quantitative estimate of drug-likeness (QED) is 0.656. The number of ether oxygens (including phenoxy) is 1. The Balaban J connectivity index is 1.74. The molecule has 0 atom stereocenters. The molecule has 0 radical (unpaired) electrons. The molecule has 0 saturated heterocycles. The minimum absolute atomic E-state index is 0.0484. The van der Waals surface area contributed by atoms with E-state index in [2.05, 4.69) is 17.5 Å². The second kappa shape index (κ2) is 7.45. The molecule has 0 aliphatic heterocycles. The Morgan fingerprint density at radius 3 is 2.80 bits per heavy atom. The van der Waals surface area contributed by atoms with Crippen molar-refractivity contribution >= 4 is 23.5 Å². The van der Waals surface area contributed by atoms with Crippen molar-refractivity contribution in [3.8, 4) is 5.75 Å². The predicted molar refractivity (Wildman–Crippen MR) is 81.4 cm³/mol. The first-order valence-electron chi connectivity index (χ1n) is 6.35. The molecule has 0 spiro atoms. The van der Waals surface area contributed by atoms with Crippen molar-refractivity contribution in [2.75, 3.05) is 6.61 Å². The summed E-state index contributed by atoms with van der Waals surface area (Å²) < 4.78 is 5.37. The summed E-state index contributed by atoms with van der Waals surface area (Å²) in [6.45, 7) is 2.04. The zero-order chi connectivity index (χ0) is 14.2. The maximum absolute atomic E-state index is 11.5. The number of hydrazone groups is 1. The molecule has 104 valence electrons. The van der Waals surface area contributed by atoms with Gasteiger partial charge in [-0.05, 0) is 35.6 Å². The van der Waals surface area contributed by atoms with Crippen LogP contribution in [0.2, 0.25) is 0 Å². The van der Waals surface area contributed by atoms with E-state index in [0.29, 0.717) is 5.75 Å². The Bertz CT molecular complexity index is 562. The Hall–Kier alpha value is -2.14. The van der Waals surface area contributed by atoms with E-state index in [-0.39, 0.29) is 12.5 Å². The van der Waals surface area contributed by atoms with Crippen molar-refractivity contribution in [3.05, 3.63) is 52.2 Å². The van der Waals surface area contributed by atoms with Gasteiger partial charge in [0.2, 0.25) is 0 Å². The molecular formula is C15H16N2O2S. The Morgan fingerprint density at radius 1 is 1.35 bits per heavy atom. The molecule has 0 saturated carbocycles. The van der Waals surface area contributed by atoms with E-state index in [0.717, 1.165) is 11.3 Å². The number of carbonyl (C=O) groups excluding carboxylic acids is 1. The van der Waals surface area contributed by atoms with E-state index in [4.69, 9.17) is 4.74 Å². The van der Waals surface area contributed by atoms with E-state index in [9.17, 15) is 4.79 Å². The lowest BCUT2D eigenvalue weighted by atomic mass is 10.2. The van der Waals surface area contributed by atoms with Gasteiger partial charge in [-0.25, -0.2) is 5.43 Å². The van der Waals surface area contributed by atoms with Crippen LogP contribution < -0.4 is 10.2 Å². The molecule has 1 amide bonds. The molecule has 4 nitrogen and oxygen atoms in total. The van der Waals surface area contributed by atoms with Gasteiger partial charge in [-0.3, -0.25) is 4.79 Å². The van der Waals surface area contributed by atoms with Crippen LogP contribution in [0, 0.1) is 0 Å². The minimum Gasteiger partial charge on any atom is -0.484 e. The van der Waals surface area contributed by atoms with Crippen molar-refractivity contribution in [1.82, 2.24) is 5.43 Å². The number of nitrogens with one attached hydrogen (secondary N) is 1. The second-order valence-corrected chi connectivity index (χ2v) is 5.07. The molecule has 0 bridgehead atoms. The third-order valence-corrected chi connectivity index (χ3v) is 3.43. The molecule has 1 aromatic heterocycles. The number of benzene rings is 1. The molecule has 2 rings (SSSR count). The fraction of sp³-hybridized carbons (Fsp3) is 0.200. The maximum atomic E-state index is 11.5. The third-order valence-electron chi connectivity index (χ3n) is 2.63. The number of amides is 1. The van der Waals surface area contributed by atoms with Crippen LogP contribution in [0.4, 0.5) is 0 Å². The molecule has 0 aliphatic rings. The Kier molecular flexibility index (Phi) is 5.32. The first-order chi connectivity index (χ1) is 9.78. The lowest BCUT2D eigenvalue weighted by Gasteiger charge is -2.05. The van der Waals surface area contributed by atoms with Crippen molar-refractivity contribution in [1.29, 1.82) is 0 Å². The molecule has 20 heavy (non-hydrogen) atoms. The first-order valence-corrected chi connectivity index (χ1v) is 7.23. The van der Waals surface area contributed by atoms with Crippen LogP contribution in [0.25, 0.3) is 0 Å². The predicted octanol–water partition coefficient (Wildman–Crippen LogP) is 2.84. The largest absolute Gasteiger partial charge is 0.484 e. The van der Waals surface area contributed by atoms with E-state index in [1.54, 1.807) is 17.6 Å². The van der Waals surface area contributed by atoms with Gasteiger partial charge < -0.3 is 4.74 Å². The van der Waals surface area contributed by atoms with Gasteiger partial charge >= 0.3 is 0 Å².